The first kappa shape index (κ1) is 25.2. The quantitative estimate of drug-likeness (QED) is 0.144. The molecule has 1 N–H and O–H groups in total. The van der Waals surface area contributed by atoms with Crippen molar-refractivity contribution in [1.82, 2.24) is 24.8 Å². The zero-order valence-corrected chi connectivity index (χ0v) is 22.1. The van der Waals surface area contributed by atoms with E-state index in [0.717, 1.165) is 33.9 Å². The molecule has 9 heteroatoms. The van der Waals surface area contributed by atoms with E-state index in [9.17, 15) is 9.59 Å². The number of carbonyl (C=O) groups excluding carboxylic acids is 1. The molecule has 0 atom stereocenters. The normalized spacial score (nSPS) is 11.3. The summed E-state index contributed by atoms with van der Waals surface area (Å²) in [6, 6.07) is 24.7. The standard InChI is InChI=1S/C29H26N6O2S/c1-19-11-7-10-16-26(19)34-28(37)23-14-8-9-15-25(23)31-29(34)38-18-27(36)32-30-17-24-20(2)33-35(21(24)3)22-12-5-4-6-13-22/h4-17H,18H2,1-3H3,(H,32,36)/b30-17-. The number of rotatable bonds is 7. The van der Waals surface area contributed by atoms with Crippen LogP contribution in [0.5, 0.6) is 0 Å². The monoisotopic (exact) mass is 522 g/mol. The van der Waals surface area contributed by atoms with E-state index in [0.29, 0.717) is 16.1 Å². The summed E-state index contributed by atoms with van der Waals surface area (Å²) in [6.45, 7) is 5.81. The molecule has 0 aliphatic carbocycles. The van der Waals surface area contributed by atoms with Crippen molar-refractivity contribution in [2.45, 2.75) is 25.9 Å². The molecule has 8 nitrogen and oxygen atoms in total. The van der Waals surface area contributed by atoms with E-state index < -0.39 is 0 Å². The number of fused-ring (bicyclic) bond motifs is 1. The van der Waals surface area contributed by atoms with Gasteiger partial charge in [-0.3, -0.25) is 14.2 Å². The molecular formula is C29H26N6O2S. The first-order chi connectivity index (χ1) is 18.4. The zero-order chi connectivity index (χ0) is 26.6. The van der Waals surface area contributed by atoms with Gasteiger partial charge < -0.3 is 0 Å². The van der Waals surface area contributed by atoms with Crippen LogP contribution < -0.4 is 11.0 Å². The molecule has 2 heterocycles. The third-order valence-electron chi connectivity index (χ3n) is 6.16. The van der Waals surface area contributed by atoms with Gasteiger partial charge >= 0.3 is 0 Å². The summed E-state index contributed by atoms with van der Waals surface area (Å²) in [5.74, 6) is -0.273. The Kier molecular flexibility index (Phi) is 7.19. The number of hydrogen-bond acceptors (Lipinski definition) is 6. The van der Waals surface area contributed by atoms with Crippen LogP contribution >= 0.6 is 11.8 Å². The zero-order valence-electron chi connectivity index (χ0n) is 21.3. The molecule has 0 saturated heterocycles. The third-order valence-corrected chi connectivity index (χ3v) is 7.10. The summed E-state index contributed by atoms with van der Waals surface area (Å²) in [6.07, 6.45) is 1.61. The minimum atomic E-state index is -0.309. The lowest BCUT2D eigenvalue weighted by Crippen LogP contribution is -2.24. The van der Waals surface area contributed by atoms with Gasteiger partial charge in [-0.15, -0.1) is 0 Å². The fourth-order valence-corrected chi connectivity index (χ4v) is 5.03. The molecule has 0 fully saturated rings. The largest absolute Gasteiger partial charge is 0.272 e. The molecule has 38 heavy (non-hydrogen) atoms. The Morgan fingerprint density at radius 1 is 0.974 bits per heavy atom. The van der Waals surface area contributed by atoms with E-state index in [1.165, 1.54) is 11.8 Å². The van der Waals surface area contributed by atoms with E-state index in [1.807, 2.05) is 92.2 Å². The van der Waals surface area contributed by atoms with Crippen molar-refractivity contribution < 1.29 is 4.79 Å². The molecule has 0 aliphatic rings. The molecular weight excluding hydrogens is 496 g/mol. The maximum atomic E-state index is 13.4. The summed E-state index contributed by atoms with van der Waals surface area (Å²) >= 11 is 1.19. The first-order valence-electron chi connectivity index (χ1n) is 12.1. The number of nitrogens with one attached hydrogen (secondary N) is 1. The lowest BCUT2D eigenvalue weighted by Gasteiger charge is -2.14. The number of hydrazone groups is 1. The summed E-state index contributed by atoms with van der Waals surface area (Å²) < 4.78 is 3.42. The highest BCUT2D eigenvalue weighted by atomic mass is 32.2. The molecule has 5 rings (SSSR count). The number of aromatic nitrogens is 4. The van der Waals surface area contributed by atoms with E-state index in [2.05, 4.69) is 15.6 Å². The van der Waals surface area contributed by atoms with E-state index in [-0.39, 0.29) is 17.2 Å². The van der Waals surface area contributed by atoms with Crippen LogP contribution in [0, 0.1) is 20.8 Å². The van der Waals surface area contributed by atoms with Gasteiger partial charge in [-0.05, 0) is 56.7 Å². The Hall–Kier alpha value is -4.50. The lowest BCUT2D eigenvalue weighted by atomic mass is 10.2. The summed E-state index contributed by atoms with van der Waals surface area (Å²) in [7, 11) is 0. The molecule has 0 saturated carbocycles. The van der Waals surface area contributed by atoms with Crippen LogP contribution in [0.3, 0.4) is 0 Å². The fraction of sp³-hybridized carbons (Fsp3) is 0.138. The van der Waals surface area contributed by atoms with Gasteiger partial charge in [0.15, 0.2) is 5.16 Å². The average Bonchev–Trinajstić information content (AvgIpc) is 3.22. The van der Waals surface area contributed by atoms with Crippen LogP contribution in [0.15, 0.2) is 93.9 Å². The van der Waals surface area contributed by atoms with Crippen LogP contribution in [0.2, 0.25) is 0 Å². The van der Waals surface area contributed by atoms with Crippen molar-refractivity contribution in [3.8, 4) is 11.4 Å². The molecule has 5 aromatic rings. The van der Waals surface area contributed by atoms with E-state index in [4.69, 9.17) is 4.98 Å². The Balaban J connectivity index is 1.35. The molecule has 0 spiro atoms. The predicted octanol–water partition coefficient (Wildman–Crippen LogP) is 4.74. The molecule has 0 bridgehead atoms. The lowest BCUT2D eigenvalue weighted by molar-refractivity contribution is -0.118. The highest BCUT2D eigenvalue weighted by molar-refractivity contribution is 7.99. The van der Waals surface area contributed by atoms with Crippen molar-refractivity contribution in [3.63, 3.8) is 0 Å². The smallest absolute Gasteiger partial charge is 0.266 e. The number of amides is 1. The van der Waals surface area contributed by atoms with Crippen molar-refractivity contribution in [2.24, 2.45) is 5.10 Å². The van der Waals surface area contributed by atoms with Crippen molar-refractivity contribution >= 4 is 34.8 Å². The van der Waals surface area contributed by atoms with Gasteiger partial charge in [0.25, 0.3) is 11.5 Å². The van der Waals surface area contributed by atoms with Crippen LogP contribution in [-0.4, -0.2) is 37.2 Å². The van der Waals surface area contributed by atoms with Gasteiger partial charge in [0.05, 0.1) is 45.6 Å². The number of benzene rings is 3. The summed E-state index contributed by atoms with van der Waals surface area (Å²) in [5.41, 5.74) is 8.19. The van der Waals surface area contributed by atoms with Gasteiger partial charge in [-0.25, -0.2) is 15.1 Å². The van der Waals surface area contributed by atoms with Gasteiger partial charge in [-0.1, -0.05) is 60.3 Å². The van der Waals surface area contributed by atoms with Crippen molar-refractivity contribution in [2.75, 3.05) is 5.75 Å². The number of aryl methyl sites for hydroxylation is 2. The number of para-hydroxylation sites is 3. The predicted molar refractivity (Wildman–Crippen MR) is 152 cm³/mol. The average molecular weight is 523 g/mol. The number of carbonyl (C=O) groups is 1. The second-order valence-electron chi connectivity index (χ2n) is 8.75. The highest BCUT2D eigenvalue weighted by Crippen LogP contribution is 2.23. The highest BCUT2D eigenvalue weighted by Gasteiger charge is 2.16. The van der Waals surface area contributed by atoms with Gasteiger partial charge in [-0.2, -0.15) is 10.2 Å². The first-order valence-corrected chi connectivity index (χ1v) is 13.1. The molecule has 3 aromatic carbocycles. The number of nitrogens with zero attached hydrogens (tertiary/aromatic N) is 5. The van der Waals surface area contributed by atoms with Crippen LogP contribution in [0.1, 0.15) is 22.5 Å². The summed E-state index contributed by atoms with van der Waals surface area (Å²) in [4.78, 5) is 30.8. The van der Waals surface area contributed by atoms with E-state index in [1.54, 1.807) is 22.9 Å². The third kappa shape index (κ3) is 5.01. The Labute approximate surface area is 224 Å². The van der Waals surface area contributed by atoms with Crippen molar-refractivity contribution in [3.05, 3.63) is 112 Å². The maximum Gasteiger partial charge on any atom is 0.266 e. The molecule has 0 unspecified atom stereocenters. The number of thioether (sulfide) groups is 1. The second-order valence-corrected chi connectivity index (χ2v) is 9.69. The van der Waals surface area contributed by atoms with Gasteiger partial charge in [0, 0.05) is 5.56 Å². The van der Waals surface area contributed by atoms with Crippen molar-refractivity contribution in [1.29, 1.82) is 0 Å². The van der Waals surface area contributed by atoms with Crippen LogP contribution in [0.25, 0.3) is 22.3 Å². The fourth-order valence-electron chi connectivity index (χ4n) is 4.23. The Bertz CT molecular complexity index is 1720. The minimum Gasteiger partial charge on any atom is -0.272 e. The molecule has 190 valence electrons. The number of hydrogen-bond donors (Lipinski definition) is 1. The topological polar surface area (TPSA) is 94.2 Å². The maximum absolute atomic E-state index is 13.4. The Morgan fingerprint density at radius 2 is 1.68 bits per heavy atom. The molecule has 2 aromatic heterocycles. The van der Waals surface area contributed by atoms with Gasteiger partial charge in [0.1, 0.15) is 0 Å². The molecule has 1 amide bonds. The van der Waals surface area contributed by atoms with E-state index >= 15 is 0 Å². The van der Waals surface area contributed by atoms with Crippen LogP contribution in [0.4, 0.5) is 0 Å². The molecule has 0 radical (unpaired) electrons. The summed E-state index contributed by atoms with van der Waals surface area (Å²) in [5, 5.41) is 9.73. The van der Waals surface area contributed by atoms with Gasteiger partial charge in [0.2, 0.25) is 0 Å². The Morgan fingerprint density at radius 3 is 2.47 bits per heavy atom. The second kappa shape index (κ2) is 10.9. The SMILES string of the molecule is Cc1ccccc1-n1c(SCC(=O)N/N=C\c2c(C)nn(-c3ccccc3)c2C)nc2ccccc2c1=O. The molecule has 0 aliphatic heterocycles. The van der Waals surface area contributed by atoms with Crippen LogP contribution in [-0.2, 0) is 4.79 Å². The minimum absolute atomic E-state index is 0.0369.